The van der Waals surface area contributed by atoms with Crippen LogP contribution in [0.15, 0.2) is 40.9 Å². The van der Waals surface area contributed by atoms with Crippen molar-refractivity contribution in [3.8, 4) is 5.75 Å². The van der Waals surface area contributed by atoms with Gasteiger partial charge in [-0.15, -0.1) is 0 Å². The van der Waals surface area contributed by atoms with E-state index in [4.69, 9.17) is 18.0 Å². The quantitative estimate of drug-likeness (QED) is 0.730. The average molecular weight is 365 g/mol. The summed E-state index contributed by atoms with van der Waals surface area (Å²) < 4.78 is 0.797. The third-order valence-electron chi connectivity index (χ3n) is 3.05. The number of carbonyl (C=O) groups is 1. The zero-order valence-corrected chi connectivity index (χ0v) is 13.6. The van der Waals surface area contributed by atoms with Crippen LogP contribution in [0.25, 0.3) is 0 Å². The monoisotopic (exact) mass is 364 g/mol. The van der Waals surface area contributed by atoms with Gasteiger partial charge in [-0.1, -0.05) is 34.2 Å². The number of hydrogen-bond donors (Lipinski definition) is 3. The molecule has 2 rings (SSSR count). The Morgan fingerprint density at radius 1 is 1.29 bits per heavy atom. The molecule has 2 aromatic rings. The van der Waals surface area contributed by atoms with Gasteiger partial charge in [-0.3, -0.25) is 4.79 Å². The van der Waals surface area contributed by atoms with Gasteiger partial charge in [0.05, 0.1) is 5.69 Å². The molecule has 0 saturated heterocycles. The molecule has 0 fully saturated rings. The minimum absolute atomic E-state index is 0.0754. The number of aromatic hydroxyl groups is 1. The van der Waals surface area contributed by atoms with Crippen molar-refractivity contribution in [1.82, 2.24) is 0 Å². The van der Waals surface area contributed by atoms with Gasteiger partial charge >= 0.3 is 0 Å². The molecule has 0 atom stereocenters. The van der Waals surface area contributed by atoms with E-state index >= 15 is 0 Å². The van der Waals surface area contributed by atoms with Gasteiger partial charge in [-0.25, -0.2) is 0 Å². The fraction of sp³-hybridized carbons (Fsp3) is 0.0667. The maximum Gasteiger partial charge on any atom is 0.256 e. The fourth-order valence-electron chi connectivity index (χ4n) is 1.89. The third kappa shape index (κ3) is 3.40. The second-order valence-corrected chi connectivity index (χ2v) is 5.81. The Morgan fingerprint density at radius 2 is 2.00 bits per heavy atom. The molecule has 6 heteroatoms. The summed E-state index contributed by atoms with van der Waals surface area (Å²) in [6, 6.07) is 10.0. The summed E-state index contributed by atoms with van der Waals surface area (Å²) in [7, 11) is 0. The van der Waals surface area contributed by atoms with Crippen molar-refractivity contribution < 1.29 is 9.90 Å². The highest BCUT2D eigenvalue weighted by Gasteiger charge is 2.14. The zero-order chi connectivity index (χ0) is 15.6. The van der Waals surface area contributed by atoms with E-state index < -0.39 is 0 Å². The van der Waals surface area contributed by atoms with Crippen LogP contribution in [0.3, 0.4) is 0 Å². The molecule has 1 amide bonds. The van der Waals surface area contributed by atoms with Crippen LogP contribution in [0.5, 0.6) is 5.75 Å². The van der Waals surface area contributed by atoms with Crippen molar-refractivity contribution in [1.29, 1.82) is 0 Å². The summed E-state index contributed by atoms with van der Waals surface area (Å²) in [5, 5.41) is 12.4. The molecule has 4 N–H and O–H groups in total. The number of rotatable bonds is 3. The van der Waals surface area contributed by atoms with Crippen molar-refractivity contribution in [2.45, 2.75) is 6.92 Å². The fourth-order valence-corrected chi connectivity index (χ4v) is 2.43. The summed E-state index contributed by atoms with van der Waals surface area (Å²) >= 11 is 8.32. The van der Waals surface area contributed by atoms with Gasteiger partial charge in [0.15, 0.2) is 0 Å². The predicted octanol–water partition coefficient (Wildman–Crippen LogP) is 3.35. The first-order valence-corrected chi connectivity index (χ1v) is 7.29. The van der Waals surface area contributed by atoms with E-state index in [-0.39, 0.29) is 16.6 Å². The molecule has 0 aromatic heterocycles. The molecule has 0 unspecified atom stereocenters. The van der Waals surface area contributed by atoms with Gasteiger partial charge in [0.2, 0.25) is 0 Å². The number of phenols is 1. The number of phenolic OH excluding ortho intramolecular Hbond substituents is 1. The number of anilines is 1. The van der Waals surface area contributed by atoms with E-state index in [1.165, 1.54) is 6.07 Å². The molecule has 0 aliphatic carbocycles. The second kappa shape index (κ2) is 6.24. The van der Waals surface area contributed by atoms with E-state index in [1.807, 2.05) is 0 Å². The summed E-state index contributed by atoms with van der Waals surface area (Å²) in [5.41, 5.74) is 7.67. The summed E-state index contributed by atoms with van der Waals surface area (Å²) in [4.78, 5) is 12.6. The lowest BCUT2D eigenvalue weighted by Crippen LogP contribution is -2.18. The van der Waals surface area contributed by atoms with E-state index in [9.17, 15) is 9.90 Å². The molecule has 0 spiro atoms. The Labute approximate surface area is 136 Å². The topological polar surface area (TPSA) is 75.3 Å². The maximum atomic E-state index is 12.4. The van der Waals surface area contributed by atoms with Crippen LogP contribution in [0.2, 0.25) is 0 Å². The van der Waals surface area contributed by atoms with Gasteiger partial charge in [0.25, 0.3) is 5.91 Å². The molecule has 21 heavy (non-hydrogen) atoms. The van der Waals surface area contributed by atoms with E-state index in [0.29, 0.717) is 22.4 Å². The third-order valence-corrected chi connectivity index (χ3v) is 3.76. The zero-order valence-electron chi connectivity index (χ0n) is 11.2. The van der Waals surface area contributed by atoms with Crippen molar-refractivity contribution in [3.63, 3.8) is 0 Å². The first-order valence-electron chi connectivity index (χ1n) is 6.09. The van der Waals surface area contributed by atoms with E-state index in [1.54, 1.807) is 37.3 Å². The molecule has 0 aliphatic rings. The van der Waals surface area contributed by atoms with Gasteiger partial charge in [0, 0.05) is 21.2 Å². The Bertz CT molecular complexity index is 732. The standard InChI is InChI=1S/C15H13BrN2O2S/c1-8-10(3-2-4-13(8)19)15(20)18-12-7-9(16)5-6-11(12)14(17)21/h2-7,19H,1H3,(H2,17,21)(H,18,20). The van der Waals surface area contributed by atoms with Crippen molar-refractivity contribution >= 4 is 44.7 Å². The normalized spacial score (nSPS) is 10.2. The molecule has 0 aliphatic heterocycles. The Kier molecular flexibility index (Phi) is 4.59. The van der Waals surface area contributed by atoms with Crippen LogP contribution < -0.4 is 11.1 Å². The molecule has 0 bridgehead atoms. The average Bonchev–Trinajstić information content (AvgIpc) is 2.41. The van der Waals surface area contributed by atoms with E-state index in [2.05, 4.69) is 21.2 Å². The van der Waals surface area contributed by atoms with Gasteiger partial charge in [0.1, 0.15) is 10.7 Å². The van der Waals surface area contributed by atoms with Crippen LogP contribution in [-0.2, 0) is 0 Å². The molecular weight excluding hydrogens is 352 g/mol. The van der Waals surface area contributed by atoms with Crippen LogP contribution in [0.1, 0.15) is 21.5 Å². The molecule has 0 radical (unpaired) electrons. The molecule has 0 saturated carbocycles. The number of hydrogen-bond acceptors (Lipinski definition) is 3. The number of halogens is 1. The van der Waals surface area contributed by atoms with Crippen molar-refractivity contribution in [3.05, 3.63) is 57.6 Å². The SMILES string of the molecule is Cc1c(O)cccc1C(=O)Nc1cc(Br)ccc1C(N)=S. The molecule has 0 heterocycles. The number of thiocarbonyl (C=S) groups is 1. The minimum Gasteiger partial charge on any atom is -0.508 e. The first kappa shape index (κ1) is 15.5. The van der Waals surface area contributed by atoms with Crippen molar-refractivity contribution in [2.24, 2.45) is 5.73 Å². The van der Waals surface area contributed by atoms with Gasteiger partial charge in [-0.05, 0) is 37.3 Å². The Morgan fingerprint density at radius 3 is 2.67 bits per heavy atom. The van der Waals surface area contributed by atoms with Gasteiger partial charge < -0.3 is 16.2 Å². The number of carbonyl (C=O) groups excluding carboxylic acids is 1. The molecule has 108 valence electrons. The first-order chi connectivity index (χ1) is 9.90. The molecule has 4 nitrogen and oxygen atoms in total. The number of benzene rings is 2. The number of nitrogens with one attached hydrogen (secondary N) is 1. The summed E-state index contributed by atoms with van der Waals surface area (Å²) in [6.07, 6.45) is 0. The summed E-state index contributed by atoms with van der Waals surface area (Å²) in [5.74, 6) is -0.259. The van der Waals surface area contributed by atoms with Gasteiger partial charge in [-0.2, -0.15) is 0 Å². The minimum atomic E-state index is -0.334. The Balaban J connectivity index is 2.38. The smallest absolute Gasteiger partial charge is 0.256 e. The second-order valence-electron chi connectivity index (χ2n) is 4.46. The van der Waals surface area contributed by atoms with Crippen LogP contribution in [-0.4, -0.2) is 16.0 Å². The van der Waals surface area contributed by atoms with Crippen LogP contribution >= 0.6 is 28.1 Å². The van der Waals surface area contributed by atoms with Crippen molar-refractivity contribution in [2.75, 3.05) is 5.32 Å². The lowest BCUT2D eigenvalue weighted by Gasteiger charge is -2.12. The Hall–Kier alpha value is -1.92. The van der Waals surface area contributed by atoms with E-state index in [0.717, 1.165) is 4.47 Å². The van der Waals surface area contributed by atoms with Crippen LogP contribution in [0, 0.1) is 6.92 Å². The highest BCUT2D eigenvalue weighted by atomic mass is 79.9. The predicted molar refractivity (Wildman–Crippen MR) is 90.8 cm³/mol. The highest BCUT2D eigenvalue weighted by Crippen LogP contribution is 2.24. The number of nitrogens with two attached hydrogens (primary N) is 1. The largest absolute Gasteiger partial charge is 0.508 e. The lowest BCUT2D eigenvalue weighted by atomic mass is 10.1. The van der Waals surface area contributed by atoms with Crippen LogP contribution in [0.4, 0.5) is 5.69 Å². The molecule has 2 aromatic carbocycles. The highest BCUT2D eigenvalue weighted by molar-refractivity contribution is 9.10. The number of amides is 1. The molecular formula is C15H13BrN2O2S. The lowest BCUT2D eigenvalue weighted by molar-refractivity contribution is 0.102. The maximum absolute atomic E-state index is 12.4. The summed E-state index contributed by atoms with van der Waals surface area (Å²) in [6.45, 7) is 1.68.